The molecule has 0 radical (unpaired) electrons. The van der Waals surface area contributed by atoms with E-state index in [1.807, 2.05) is 6.07 Å². The fourth-order valence-corrected chi connectivity index (χ4v) is 2.57. The van der Waals surface area contributed by atoms with Crippen molar-refractivity contribution in [2.45, 2.75) is 32.1 Å². The van der Waals surface area contributed by atoms with Gasteiger partial charge in [0, 0.05) is 17.7 Å². The van der Waals surface area contributed by atoms with Crippen molar-refractivity contribution in [3.63, 3.8) is 0 Å². The molecule has 2 aromatic rings. The maximum absolute atomic E-state index is 5.88. The molecule has 1 aromatic heterocycles. The zero-order valence-corrected chi connectivity index (χ0v) is 10.6. The Morgan fingerprint density at radius 2 is 2.11 bits per heavy atom. The molecule has 1 aliphatic carbocycles. The van der Waals surface area contributed by atoms with Gasteiger partial charge in [-0.3, -0.25) is 0 Å². The number of nitrogens with zero attached hydrogens (tertiary/aromatic N) is 2. The smallest absolute Gasteiger partial charge is 0.138 e. The Hall–Kier alpha value is -1.90. The number of nitrogens with two attached hydrogens (primary N) is 1. The van der Waals surface area contributed by atoms with Crippen LogP contribution in [0.2, 0.25) is 0 Å². The average molecular weight is 239 g/mol. The summed E-state index contributed by atoms with van der Waals surface area (Å²) in [4.78, 5) is 9.06. The van der Waals surface area contributed by atoms with Crippen molar-refractivity contribution in [3.05, 3.63) is 53.0 Å². The van der Waals surface area contributed by atoms with Crippen molar-refractivity contribution >= 4 is 5.82 Å². The van der Waals surface area contributed by atoms with Gasteiger partial charge in [0.2, 0.25) is 0 Å². The molecule has 1 aliphatic rings. The molecule has 3 rings (SSSR count). The third kappa shape index (κ3) is 1.86. The van der Waals surface area contributed by atoms with Crippen molar-refractivity contribution in [1.29, 1.82) is 0 Å². The molecule has 1 heterocycles. The zero-order chi connectivity index (χ0) is 12.5. The highest BCUT2D eigenvalue weighted by Crippen LogP contribution is 2.38. The summed E-state index contributed by atoms with van der Waals surface area (Å²) in [7, 11) is 0. The van der Waals surface area contributed by atoms with E-state index in [2.05, 4.69) is 41.2 Å². The second kappa shape index (κ2) is 4.41. The Labute approximate surface area is 107 Å². The quantitative estimate of drug-likeness (QED) is 0.896. The first-order chi connectivity index (χ1) is 8.78. The van der Waals surface area contributed by atoms with Gasteiger partial charge in [-0.05, 0) is 24.0 Å². The number of hydrogen-bond acceptors (Lipinski definition) is 3. The van der Waals surface area contributed by atoms with E-state index in [-0.39, 0.29) is 0 Å². The van der Waals surface area contributed by atoms with E-state index in [1.54, 1.807) is 0 Å². The van der Waals surface area contributed by atoms with Gasteiger partial charge in [-0.25, -0.2) is 9.97 Å². The monoisotopic (exact) mass is 239 g/mol. The first-order valence-corrected chi connectivity index (χ1v) is 6.49. The fourth-order valence-electron chi connectivity index (χ4n) is 2.57. The summed E-state index contributed by atoms with van der Waals surface area (Å²) in [6.45, 7) is 2.15. The predicted molar refractivity (Wildman–Crippen MR) is 72.4 cm³/mol. The number of benzene rings is 1. The summed E-state index contributed by atoms with van der Waals surface area (Å²) >= 11 is 0. The highest BCUT2D eigenvalue weighted by atomic mass is 15.0. The molecule has 0 bridgehead atoms. The van der Waals surface area contributed by atoms with Crippen LogP contribution in [0.1, 0.15) is 41.9 Å². The SMILES string of the molecule is CCCc1cc(N)nc(C2Cc3ccccc32)n1. The van der Waals surface area contributed by atoms with E-state index < -0.39 is 0 Å². The molecule has 92 valence electrons. The number of nitrogen functional groups attached to an aromatic ring is 1. The van der Waals surface area contributed by atoms with Crippen LogP contribution in [0.15, 0.2) is 30.3 Å². The van der Waals surface area contributed by atoms with Crippen molar-refractivity contribution in [1.82, 2.24) is 9.97 Å². The molecule has 1 aromatic carbocycles. The number of aryl methyl sites for hydroxylation is 1. The minimum Gasteiger partial charge on any atom is -0.384 e. The van der Waals surface area contributed by atoms with Crippen LogP contribution in [0, 0.1) is 0 Å². The maximum atomic E-state index is 5.88. The Kier molecular flexibility index (Phi) is 2.74. The van der Waals surface area contributed by atoms with E-state index in [0.717, 1.165) is 30.8 Å². The van der Waals surface area contributed by atoms with E-state index in [4.69, 9.17) is 5.73 Å². The molecule has 0 fully saturated rings. The first-order valence-electron chi connectivity index (χ1n) is 6.49. The molecule has 0 amide bonds. The van der Waals surface area contributed by atoms with E-state index in [0.29, 0.717) is 11.7 Å². The van der Waals surface area contributed by atoms with Gasteiger partial charge in [-0.2, -0.15) is 0 Å². The summed E-state index contributed by atoms with van der Waals surface area (Å²) < 4.78 is 0. The van der Waals surface area contributed by atoms with Gasteiger partial charge < -0.3 is 5.73 Å². The number of fused-ring (bicyclic) bond motifs is 1. The van der Waals surface area contributed by atoms with E-state index in [1.165, 1.54) is 11.1 Å². The van der Waals surface area contributed by atoms with Gasteiger partial charge in [0.1, 0.15) is 11.6 Å². The van der Waals surface area contributed by atoms with Gasteiger partial charge >= 0.3 is 0 Å². The lowest BCUT2D eigenvalue weighted by Crippen LogP contribution is -2.21. The Morgan fingerprint density at radius 3 is 2.89 bits per heavy atom. The third-order valence-electron chi connectivity index (χ3n) is 3.49. The fraction of sp³-hybridized carbons (Fsp3) is 0.333. The topological polar surface area (TPSA) is 51.8 Å². The minimum absolute atomic E-state index is 0.334. The summed E-state index contributed by atoms with van der Waals surface area (Å²) in [5.74, 6) is 1.81. The molecule has 0 spiro atoms. The van der Waals surface area contributed by atoms with E-state index in [9.17, 15) is 0 Å². The molecule has 0 saturated carbocycles. The largest absolute Gasteiger partial charge is 0.384 e. The molecule has 2 N–H and O–H groups in total. The highest BCUT2D eigenvalue weighted by Gasteiger charge is 2.29. The van der Waals surface area contributed by atoms with Crippen LogP contribution in [-0.4, -0.2) is 9.97 Å². The van der Waals surface area contributed by atoms with Crippen LogP contribution in [0.5, 0.6) is 0 Å². The van der Waals surface area contributed by atoms with Crippen molar-refractivity contribution in [3.8, 4) is 0 Å². The number of rotatable bonds is 3. The molecule has 0 saturated heterocycles. The predicted octanol–water partition coefficient (Wildman–Crippen LogP) is 2.70. The average Bonchev–Trinajstić information content (AvgIpc) is 2.30. The lowest BCUT2D eigenvalue weighted by atomic mass is 9.77. The number of hydrogen-bond donors (Lipinski definition) is 1. The summed E-state index contributed by atoms with van der Waals surface area (Å²) in [6.07, 6.45) is 3.08. The van der Waals surface area contributed by atoms with Crippen LogP contribution in [0.3, 0.4) is 0 Å². The van der Waals surface area contributed by atoms with Crippen LogP contribution in [0.4, 0.5) is 5.82 Å². The molecule has 0 aliphatic heterocycles. The van der Waals surface area contributed by atoms with Gasteiger partial charge in [-0.1, -0.05) is 37.6 Å². The highest BCUT2D eigenvalue weighted by molar-refractivity contribution is 5.45. The van der Waals surface area contributed by atoms with Crippen molar-refractivity contribution < 1.29 is 0 Å². The van der Waals surface area contributed by atoms with Crippen molar-refractivity contribution in [2.24, 2.45) is 0 Å². The standard InChI is InChI=1S/C15H17N3/c1-2-5-11-9-14(16)18-15(17-11)13-8-10-6-3-4-7-12(10)13/h3-4,6-7,9,13H,2,5,8H2,1H3,(H2,16,17,18). The molecule has 3 nitrogen and oxygen atoms in total. The summed E-state index contributed by atoms with van der Waals surface area (Å²) in [6, 6.07) is 10.4. The molecule has 1 atom stereocenters. The maximum Gasteiger partial charge on any atom is 0.138 e. The lowest BCUT2D eigenvalue weighted by molar-refractivity contribution is 0.653. The van der Waals surface area contributed by atoms with Gasteiger partial charge in [0.25, 0.3) is 0 Å². The normalized spacial score (nSPS) is 17.1. The minimum atomic E-state index is 0.334. The van der Waals surface area contributed by atoms with Crippen LogP contribution < -0.4 is 5.73 Å². The van der Waals surface area contributed by atoms with Crippen LogP contribution in [-0.2, 0) is 12.8 Å². The Balaban J connectivity index is 1.95. The second-order valence-corrected chi connectivity index (χ2v) is 4.85. The molecule has 3 heteroatoms. The van der Waals surface area contributed by atoms with Crippen molar-refractivity contribution in [2.75, 3.05) is 5.73 Å². The van der Waals surface area contributed by atoms with Crippen LogP contribution >= 0.6 is 0 Å². The molecule has 1 unspecified atom stereocenters. The molecule has 18 heavy (non-hydrogen) atoms. The Bertz CT molecular complexity index is 578. The molecular weight excluding hydrogens is 222 g/mol. The van der Waals surface area contributed by atoms with E-state index >= 15 is 0 Å². The van der Waals surface area contributed by atoms with Gasteiger partial charge in [0.05, 0.1) is 0 Å². The third-order valence-corrected chi connectivity index (χ3v) is 3.49. The van der Waals surface area contributed by atoms with Gasteiger partial charge in [-0.15, -0.1) is 0 Å². The number of anilines is 1. The Morgan fingerprint density at radius 1 is 1.28 bits per heavy atom. The second-order valence-electron chi connectivity index (χ2n) is 4.85. The summed E-state index contributed by atoms with van der Waals surface area (Å²) in [5.41, 5.74) is 9.70. The zero-order valence-electron chi connectivity index (χ0n) is 10.6. The summed E-state index contributed by atoms with van der Waals surface area (Å²) in [5, 5.41) is 0. The lowest BCUT2D eigenvalue weighted by Gasteiger charge is -2.29. The first kappa shape index (κ1) is 11.2. The molecular formula is C15H17N3. The van der Waals surface area contributed by atoms with Gasteiger partial charge in [0.15, 0.2) is 0 Å². The number of aromatic nitrogens is 2. The van der Waals surface area contributed by atoms with Crippen LogP contribution in [0.25, 0.3) is 0 Å².